The number of nitrogens with one attached hydrogen (secondary N) is 1. The van der Waals surface area contributed by atoms with Crippen molar-refractivity contribution < 1.29 is 4.74 Å². The highest BCUT2D eigenvalue weighted by Crippen LogP contribution is 2.33. The Morgan fingerprint density at radius 3 is 3.05 bits per heavy atom. The van der Waals surface area contributed by atoms with E-state index in [1.165, 1.54) is 17.5 Å². The Kier molecular flexibility index (Phi) is 3.29. The molecule has 0 radical (unpaired) electrons. The van der Waals surface area contributed by atoms with Gasteiger partial charge in [-0.3, -0.25) is 0 Å². The summed E-state index contributed by atoms with van der Waals surface area (Å²) < 4.78 is 5.98. The largest absolute Gasteiger partial charge is 0.469 e. The van der Waals surface area contributed by atoms with E-state index in [0.717, 1.165) is 19.3 Å². The first-order chi connectivity index (χ1) is 9.36. The van der Waals surface area contributed by atoms with Gasteiger partial charge in [0.1, 0.15) is 18.2 Å². The summed E-state index contributed by atoms with van der Waals surface area (Å²) >= 11 is 0. The highest BCUT2D eigenvalue weighted by Gasteiger charge is 2.21. The molecule has 0 bridgehead atoms. The molecule has 0 amide bonds. The van der Waals surface area contributed by atoms with Crippen LogP contribution in [0.4, 0.5) is 5.82 Å². The van der Waals surface area contributed by atoms with Crippen molar-refractivity contribution in [1.29, 1.82) is 0 Å². The van der Waals surface area contributed by atoms with Gasteiger partial charge in [-0.1, -0.05) is 24.3 Å². The molecule has 1 aromatic heterocycles. The first-order valence-corrected chi connectivity index (χ1v) is 6.40. The van der Waals surface area contributed by atoms with Gasteiger partial charge >= 0.3 is 0 Å². The minimum atomic E-state index is 0.0606. The van der Waals surface area contributed by atoms with E-state index < -0.39 is 0 Å². The Labute approximate surface area is 111 Å². The van der Waals surface area contributed by atoms with Crippen LogP contribution in [0.2, 0.25) is 0 Å². The molecule has 3 N–H and O–H groups in total. The van der Waals surface area contributed by atoms with Gasteiger partial charge in [0.05, 0.1) is 0 Å². The topological polar surface area (TPSA) is 73.1 Å². The number of hydrogen-bond acceptors (Lipinski definition) is 5. The van der Waals surface area contributed by atoms with E-state index in [2.05, 4.69) is 33.6 Å². The lowest BCUT2D eigenvalue weighted by molar-refractivity contribution is 0.175. The van der Waals surface area contributed by atoms with Crippen molar-refractivity contribution in [3.8, 4) is 5.88 Å². The Hall–Kier alpha value is -2.14. The van der Waals surface area contributed by atoms with E-state index in [9.17, 15) is 0 Å². The molecule has 5 nitrogen and oxygen atoms in total. The van der Waals surface area contributed by atoms with Gasteiger partial charge in [-0.2, -0.15) is 0 Å². The zero-order chi connectivity index (χ0) is 13.1. The van der Waals surface area contributed by atoms with E-state index in [4.69, 9.17) is 10.6 Å². The molecule has 3 rings (SSSR count). The van der Waals surface area contributed by atoms with Crippen LogP contribution < -0.4 is 16.0 Å². The fourth-order valence-electron chi connectivity index (χ4n) is 2.46. The maximum absolute atomic E-state index is 5.98. The molecule has 0 aliphatic heterocycles. The third-order valence-corrected chi connectivity index (χ3v) is 3.37. The maximum Gasteiger partial charge on any atom is 0.219 e. The van der Waals surface area contributed by atoms with Crippen LogP contribution in [0.25, 0.3) is 0 Å². The van der Waals surface area contributed by atoms with Crippen LogP contribution in [0, 0.1) is 0 Å². The van der Waals surface area contributed by atoms with E-state index >= 15 is 0 Å². The van der Waals surface area contributed by atoms with Gasteiger partial charge in [0.2, 0.25) is 5.88 Å². The highest BCUT2D eigenvalue weighted by atomic mass is 16.5. The monoisotopic (exact) mass is 256 g/mol. The smallest absolute Gasteiger partial charge is 0.219 e. The molecule has 5 heteroatoms. The number of aromatic nitrogens is 2. The summed E-state index contributed by atoms with van der Waals surface area (Å²) in [5.41, 5.74) is 5.12. The summed E-state index contributed by atoms with van der Waals surface area (Å²) in [6.45, 7) is 0. The van der Waals surface area contributed by atoms with Crippen molar-refractivity contribution in [3.05, 3.63) is 47.8 Å². The van der Waals surface area contributed by atoms with Crippen LogP contribution in [0.15, 0.2) is 36.7 Å². The van der Waals surface area contributed by atoms with Gasteiger partial charge in [0.15, 0.2) is 0 Å². The number of ether oxygens (including phenoxy) is 1. The molecular weight excluding hydrogens is 240 g/mol. The second kappa shape index (κ2) is 5.24. The third kappa shape index (κ3) is 2.51. The standard InChI is InChI=1S/C14H16N4O/c15-18-13-8-14(17-9-16-13)19-12-7-3-5-10-4-1-2-6-11(10)12/h1-2,4,6,8-9,12H,3,5,7,15H2,(H,16,17,18). The molecule has 0 spiro atoms. The Morgan fingerprint density at radius 2 is 2.16 bits per heavy atom. The lowest BCUT2D eigenvalue weighted by Crippen LogP contribution is -2.16. The molecule has 0 fully saturated rings. The van der Waals surface area contributed by atoms with Gasteiger partial charge in [0.25, 0.3) is 0 Å². The molecule has 1 aliphatic carbocycles. The first-order valence-electron chi connectivity index (χ1n) is 6.40. The van der Waals surface area contributed by atoms with Gasteiger partial charge in [-0.25, -0.2) is 15.8 Å². The predicted molar refractivity (Wildman–Crippen MR) is 72.6 cm³/mol. The zero-order valence-electron chi connectivity index (χ0n) is 10.5. The quantitative estimate of drug-likeness (QED) is 0.650. The molecular formula is C14H16N4O. The van der Waals surface area contributed by atoms with Crippen LogP contribution in [0.5, 0.6) is 5.88 Å². The number of aryl methyl sites for hydroxylation is 1. The van der Waals surface area contributed by atoms with E-state index in [0.29, 0.717) is 11.7 Å². The fourth-order valence-corrected chi connectivity index (χ4v) is 2.46. The summed E-state index contributed by atoms with van der Waals surface area (Å²) in [6.07, 6.45) is 4.76. The second-order valence-corrected chi connectivity index (χ2v) is 4.58. The molecule has 1 aliphatic rings. The number of hydrogen-bond donors (Lipinski definition) is 2. The van der Waals surface area contributed by atoms with E-state index in [-0.39, 0.29) is 6.10 Å². The lowest BCUT2D eigenvalue weighted by atomic mass is 9.89. The summed E-state index contributed by atoms with van der Waals surface area (Å²) in [5, 5.41) is 0. The van der Waals surface area contributed by atoms with Crippen LogP contribution >= 0.6 is 0 Å². The number of hydrazine groups is 1. The summed E-state index contributed by atoms with van der Waals surface area (Å²) in [5.74, 6) is 6.43. The molecule has 1 atom stereocenters. The number of nitrogen functional groups attached to an aromatic ring is 1. The van der Waals surface area contributed by atoms with E-state index in [1.54, 1.807) is 6.07 Å². The SMILES string of the molecule is NNc1cc(OC2CCCc3ccccc32)ncn1. The second-order valence-electron chi connectivity index (χ2n) is 4.58. The summed E-state index contributed by atoms with van der Waals surface area (Å²) in [4.78, 5) is 8.09. The molecule has 0 saturated carbocycles. The average Bonchev–Trinajstić information content (AvgIpc) is 2.48. The van der Waals surface area contributed by atoms with Crippen LogP contribution in [0.3, 0.4) is 0 Å². The van der Waals surface area contributed by atoms with Crippen molar-refractivity contribution in [2.75, 3.05) is 5.43 Å². The molecule has 1 heterocycles. The first kappa shape index (κ1) is 11.9. The number of fused-ring (bicyclic) bond motifs is 1. The van der Waals surface area contributed by atoms with E-state index in [1.807, 2.05) is 6.07 Å². The maximum atomic E-state index is 5.98. The average molecular weight is 256 g/mol. The van der Waals surface area contributed by atoms with Crippen molar-refractivity contribution in [1.82, 2.24) is 9.97 Å². The zero-order valence-corrected chi connectivity index (χ0v) is 10.5. The minimum Gasteiger partial charge on any atom is -0.469 e. The Morgan fingerprint density at radius 1 is 1.26 bits per heavy atom. The molecule has 2 aromatic rings. The molecule has 0 saturated heterocycles. The number of rotatable bonds is 3. The third-order valence-electron chi connectivity index (χ3n) is 3.37. The van der Waals surface area contributed by atoms with Crippen molar-refractivity contribution in [2.45, 2.75) is 25.4 Å². The minimum absolute atomic E-state index is 0.0606. The van der Waals surface area contributed by atoms with Gasteiger partial charge in [0, 0.05) is 6.07 Å². The van der Waals surface area contributed by atoms with Crippen molar-refractivity contribution in [3.63, 3.8) is 0 Å². The molecule has 19 heavy (non-hydrogen) atoms. The van der Waals surface area contributed by atoms with Gasteiger partial charge < -0.3 is 10.2 Å². The highest BCUT2D eigenvalue weighted by molar-refractivity contribution is 5.36. The van der Waals surface area contributed by atoms with Crippen LogP contribution in [-0.2, 0) is 6.42 Å². The molecule has 1 unspecified atom stereocenters. The summed E-state index contributed by atoms with van der Waals surface area (Å²) in [6, 6.07) is 10.1. The predicted octanol–water partition coefficient (Wildman–Crippen LogP) is 2.22. The van der Waals surface area contributed by atoms with Crippen LogP contribution in [-0.4, -0.2) is 9.97 Å². The Balaban J connectivity index is 1.84. The lowest BCUT2D eigenvalue weighted by Gasteiger charge is -2.25. The molecule has 1 aromatic carbocycles. The van der Waals surface area contributed by atoms with Crippen LogP contribution in [0.1, 0.15) is 30.1 Å². The van der Waals surface area contributed by atoms with Crippen molar-refractivity contribution in [2.24, 2.45) is 5.84 Å². The Bertz CT molecular complexity index is 573. The fraction of sp³-hybridized carbons (Fsp3) is 0.286. The van der Waals surface area contributed by atoms with Crippen molar-refractivity contribution >= 4 is 5.82 Å². The number of nitrogens with zero attached hydrogens (tertiary/aromatic N) is 2. The molecule has 98 valence electrons. The number of nitrogens with two attached hydrogens (primary N) is 1. The number of anilines is 1. The summed E-state index contributed by atoms with van der Waals surface area (Å²) in [7, 11) is 0. The van der Waals surface area contributed by atoms with Gasteiger partial charge in [-0.15, -0.1) is 0 Å². The normalized spacial score (nSPS) is 17.6. The van der Waals surface area contributed by atoms with Gasteiger partial charge in [-0.05, 0) is 30.4 Å². The number of benzene rings is 1.